The third-order valence-electron chi connectivity index (χ3n) is 2.88. The Labute approximate surface area is 133 Å². The van der Waals surface area contributed by atoms with Gasteiger partial charge in [-0.25, -0.2) is 4.39 Å². The molecule has 0 atom stereocenters. The first kappa shape index (κ1) is 17.1. The summed E-state index contributed by atoms with van der Waals surface area (Å²) in [6.45, 7) is 0. The van der Waals surface area contributed by atoms with Crippen molar-refractivity contribution in [1.29, 1.82) is 0 Å². The lowest BCUT2D eigenvalue weighted by Gasteiger charge is -2.13. The highest BCUT2D eigenvalue weighted by molar-refractivity contribution is 6.31. The minimum Gasteiger partial charge on any atom is -0.496 e. The van der Waals surface area contributed by atoms with Crippen LogP contribution in [0, 0.1) is 5.82 Å². The zero-order valence-corrected chi connectivity index (χ0v) is 12.3. The molecule has 2 aromatic carbocycles. The van der Waals surface area contributed by atoms with Crippen LogP contribution in [-0.2, 0) is 6.18 Å². The van der Waals surface area contributed by atoms with Crippen molar-refractivity contribution in [2.24, 2.45) is 0 Å². The predicted octanol–water partition coefficient (Wildman–Crippen LogP) is 5.11. The number of hydrogen-bond acceptors (Lipinski definition) is 3. The van der Waals surface area contributed by atoms with E-state index in [1.807, 2.05) is 0 Å². The van der Waals surface area contributed by atoms with Gasteiger partial charge in [0.05, 0.1) is 23.3 Å². The molecule has 0 heterocycles. The van der Waals surface area contributed by atoms with Crippen molar-refractivity contribution >= 4 is 17.9 Å². The molecular formula is C15H9ClF4O3. The number of hydrogen-bond donors (Lipinski definition) is 0. The molecule has 0 spiro atoms. The second kappa shape index (κ2) is 6.45. The van der Waals surface area contributed by atoms with Crippen LogP contribution in [0.1, 0.15) is 15.9 Å². The standard InChI is InChI=1S/C15H9ClF4O3/c1-22-13-6-14(12(17)4-8(13)7-21)23-9-2-3-11(16)10(5-9)15(18,19)20/h2-7H,1H3. The number of aldehydes is 1. The van der Waals surface area contributed by atoms with Crippen molar-refractivity contribution in [3.63, 3.8) is 0 Å². The van der Waals surface area contributed by atoms with E-state index in [-0.39, 0.29) is 22.8 Å². The summed E-state index contributed by atoms with van der Waals surface area (Å²) in [6, 6.07) is 4.75. The van der Waals surface area contributed by atoms with Crippen LogP contribution in [0.4, 0.5) is 17.6 Å². The Bertz CT molecular complexity index is 744. The van der Waals surface area contributed by atoms with Gasteiger partial charge in [0.2, 0.25) is 0 Å². The highest BCUT2D eigenvalue weighted by atomic mass is 35.5. The Hall–Kier alpha value is -2.28. The average molecular weight is 349 g/mol. The molecule has 3 nitrogen and oxygen atoms in total. The summed E-state index contributed by atoms with van der Waals surface area (Å²) in [7, 11) is 1.26. The van der Waals surface area contributed by atoms with Crippen LogP contribution >= 0.6 is 11.6 Å². The monoisotopic (exact) mass is 348 g/mol. The van der Waals surface area contributed by atoms with Gasteiger partial charge >= 0.3 is 6.18 Å². The first-order valence-corrected chi connectivity index (χ1v) is 6.51. The molecule has 0 aliphatic carbocycles. The SMILES string of the molecule is COc1cc(Oc2ccc(Cl)c(C(F)(F)F)c2)c(F)cc1C=O. The molecule has 0 unspecified atom stereocenters. The fourth-order valence-corrected chi connectivity index (χ4v) is 2.03. The number of carbonyl (C=O) groups excluding carboxylic acids is 1. The second-order valence-corrected chi connectivity index (χ2v) is 4.79. The normalized spacial score (nSPS) is 11.2. The molecule has 0 bridgehead atoms. The molecule has 0 amide bonds. The minimum absolute atomic E-state index is 0.0291. The van der Waals surface area contributed by atoms with E-state index in [9.17, 15) is 22.4 Å². The maximum absolute atomic E-state index is 13.9. The minimum atomic E-state index is -4.67. The topological polar surface area (TPSA) is 35.5 Å². The van der Waals surface area contributed by atoms with Gasteiger partial charge in [-0.1, -0.05) is 11.6 Å². The van der Waals surface area contributed by atoms with E-state index in [2.05, 4.69) is 0 Å². The number of methoxy groups -OCH3 is 1. The zero-order chi connectivity index (χ0) is 17.2. The van der Waals surface area contributed by atoms with Gasteiger partial charge in [-0.3, -0.25) is 4.79 Å². The smallest absolute Gasteiger partial charge is 0.417 e. The van der Waals surface area contributed by atoms with Gasteiger partial charge in [-0.2, -0.15) is 13.2 Å². The fourth-order valence-electron chi connectivity index (χ4n) is 1.81. The largest absolute Gasteiger partial charge is 0.496 e. The number of ether oxygens (including phenoxy) is 2. The van der Waals surface area contributed by atoms with E-state index in [0.29, 0.717) is 12.4 Å². The molecule has 0 saturated carbocycles. The van der Waals surface area contributed by atoms with Crippen LogP contribution in [-0.4, -0.2) is 13.4 Å². The first-order chi connectivity index (χ1) is 10.8. The maximum Gasteiger partial charge on any atom is 0.417 e. The number of benzene rings is 2. The van der Waals surface area contributed by atoms with Crippen molar-refractivity contribution < 1.29 is 31.8 Å². The zero-order valence-electron chi connectivity index (χ0n) is 11.6. The quantitative estimate of drug-likeness (QED) is 0.569. The van der Waals surface area contributed by atoms with Gasteiger partial charge in [0.25, 0.3) is 0 Å². The Morgan fingerprint density at radius 2 is 1.83 bits per heavy atom. The number of rotatable bonds is 4. The summed E-state index contributed by atoms with van der Waals surface area (Å²) in [5, 5.41) is -0.501. The lowest BCUT2D eigenvalue weighted by Crippen LogP contribution is -2.06. The van der Waals surface area contributed by atoms with Gasteiger partial charge in [0.1, 0.15) is 11.5 Å². The van der Waals surface area contributed by atoms with Crippen LogP contribution in [0.15, 0.2) is 30.3 Å². The van der Waals surface area contributed by atoms with Crippen LogP contribution < -0.4 is 9.47 Å². The second-order valence-electron chi connectivity index (χ2n) is 4.38. The Kier molecular flexibility index (Phi) is 4.79. The van der Waals surface area contributed by atoms with E-state index in [4.69, 9.17) is 21.1 Å². The highest BCUT2D eigenvalue weighted by Gasteiger charge is 2.33. The highest BCUT2D eigenvalue weighted by Crippen LogP contribution is 2.38. The van der Waals surface area contributed by atoms with Crippen molar-refractivity contribution in [3.8, 4) is 17.2 Å². The Morgan fingerprint density at radius 3 is 2.39 bits per heavy atom. The molecule has 2 rings (SSSR count). The lowest BCUT2D eigenvalue weighted by atomic mass is 10.2. The maximum atomic E-state index is 13.9. The Balaban J connectivity index is 2.42. The Morgan fingerprint density at radius 1 is 1.13 bits per heavy atom. The van der Waals surface area contributed by atoms with Gasteiger partial charge in [-0.05, 0) is 24.3 Å². The summed E-state index contributed by atoms with van der Waals surface area (Å²) in [5.74, 6) is -1.54. The summed E-state index contributed by atoms with van der Waals surface area (Å²) >= 11 is 5.49. The summed E-state index contributed by atoms with van der Waals surface area (Å²) in [4.78, 5) is 10.8. The third kappa shape index (κ3) is 3.73. The third-order valence-corrected chi connectivity index (χ3v) is 3.21. The van der Waals surface area contributed by atoms with Crippen LogP contribution in [0.25, 0.3) is 0 Å². The molecule has 0 aliphatic heterocycles. The molecule has 0 aromatic heterocycles. The molecule has 0 N–H and O–H groups in total. The molecule has 0 fully saturated rings. The van der Waals surface area contributed by atoms with Crippen LogP contribution in [0.2, 0.25) is 5.02 Å². The van der Waals surface area contributed by atoms with Crippen molar-refractivity contribution in [2.45, 2.75) is 6.18 Å². The van der Waals surface area contributed by atoms with Crippen LogP contribution in [0.5, 0.6) is 17.2 Å². The average Bonchev–Trinajstić information content (AvgIpc) is 2.49. The van der Waals surface area contributed by atoms with Gasteiger partial charge < -0.3 is 9.47 Å². The van der Waals surface area contributed by atoms with E-state index in [1.54, 1.807) is 0 Å². The van der Waals surface area contributed by atoms with Gasteiger partial charge in [0.15, 0.2) is 17.9 Å². The van der Waals surface area contributed by atoms with Gasteiger partial charge in [-0.15, -0.1) is 0 Å². The van der Waals surface area contributed by atoms with Crippen molar-refractivity contribution in [2.75, 3.05) is 7.11 Å². The fraction of sp³-hybridized carbons (Fsp3) is 0.133. The van der Waals surface area contributed by atoms with E-state index in [1.165, 1.54) is 7.11 Å². The molecule has 0 radical (unpaired) electrons. The molecule has 122 valence electrons. The van der Waals surface area contributed by atoms with Crippen molar-refractivity contribution in [1.82, 2.24) is 0 Å². The van der Waals surface area contributed by atoms with E-state index >= 15 is 0 Å². The van der Waals surface area contributed by atoms with Crippen molar-refractivity contribution in [3.05, 3.63) is 52.3 Å². The van der Waals surface area contributed by atoms with Gasteiger partial charge in [0, 0.05) is 6.07 Å². The lowest BCUT2D eigenvalue weighted by molar-refractivity contribution is -0.137. The summed E-state index contributed by atoms with van der Waals surface area (Å²) < 4.78 is 62.2. The number of carbonyl (C=O) groups is 1. The number of halogens is 5. The molecule has 0 saturated heterocycles. The summed E-state index contributed by atoms with van der Waals surface area (Å²) in [5.41, 5.74) is -1.15. The summed E-state index contributed by atoms with van der Waals surface area (Å²) in [6.07, 6.45) is -4.29. The molecule has 23 heavy (non-hydrogen) atoms. The van der Waals surface area contributed by atoms with Crippen LogP contribution in [0.3, 0.4) is 0 Å². The van der Waals surface area contributed by atoms with E-state index < -0.39 is 22.6 Å². The molecule has 0 aliphatic rings. The number of alkyl halides is 3. The predicted molar refractivity (Wildman–Crippen MR) is 74.9 cm³/mol. The molecule has 8 heteroatoms. The molecular weight excluding hydrogens is 340 g/mol. The first-order valence-electron chi connectivity index (χ1n) is 6.13. The van der Waals surface area contributed by atoms with E-state index in [0.717, 1.165) is 24.3 Å². The molecule has 2 aromatic rings.